The Balaban J connectivity index is 1.91. The second-order valence-electron chi connectivity index (χ2n) is 4.58. The van der Waals surface area contributed by atoms with E-state index in [1.54, 1.807) is 4.68 Å². The van der Waals surface area contributed by atoms with E-state index in [4.69, 9.17) is 5.73 Å². The van der Waals surface area contributed by atoms with Gasteiger partial charge in [0.2, 0.25) is 5.91 Å². The standard InChI is InChI=1S/C13H16N6O2S/c1-8-7-9(2)19(18-8)10-3-4-12(17-16-10)22-6-5-11(20)15-13(14)21/h3-4,7H,5-6H2,1-2H3,(H3,14,15,20,21). The SMILES string of the molecule is Cc1cc(C)n(-c2ccc(SCCC(=O)NC(N)=O)nn2)n1. The van der Waals surface area contributed by atoms with Gasteiger partial charge in [-0.2, -0.15) is 5.10 Å². The van der Waals surface area contributed by atoms with Crippen LogP contribution in [0.4, 0.5) is 4.79 Å². The van der Waals surface area contributed by atoms with E-state index in [0.29, 0.717) is 16.6 Å². The van der Waals surface area contributed by atoms with Gasteiger partial charge in [0.15, 0.2) is 5.82 Å². The van der Waals surface area contributed by atoms with Gasteiger partial charge in [0.25, 0.3) is 0 Å². The van der Waals surface area contributed by atoms with Crippen LogP contribution in [0.25, 0.3) is 5.82 Å². The van der Waals surface area contributed by atoms with Gasteiger partial charge in [-0.05, 0) is 32.0 Å². The molecule has 22 heavy (non-hydrogen) atoms. The molecular formula is C13H16N6O2S. The number of thioether (sulfide) groups is 1. The average molecular weight is 320 g/mol. The molecule has 0 saturated carbocycles. The Morgan fingerprint density at radius 2 is 2.09 bits per heavy atom. The van der Waals surface area contributed by atoms with Gasteiger partial charge in [-0.15, -0.1) is 22.0 Å². The molecule has 0 aliphatic rings. The van der Waals surface area contributed by atoms with Crippen LogP contribution in [-0.2, 0) is 4.79 Å². The molecule has 3 amide bonds. The summed E-state index contributed by atoms with van der Waals surface area (Å²) in [5, 5.41) is 15.2. The lowest BCUT2D eigenvalue weighted by Crippen LogP contribution is -2.35. The Morgan fingerprint density at radius 3 is 2.64 bits per heavy atom. The van der Waals surface area contributed by atoms with Gasteiger partial charge in [0.1, 0.15) is 5.03 Å². The van der Waals surface area contributed by atoms with Crippen molar-refractivity contribution in [1.82, 2.24) is 25.3 Å². The van der Waals surface area contributed by atoms with Crippen molar-refractivity contribution in [2.75, 3.05) is 5.75 Å². The van der Waals surface area contributed by atoms with E-state index in [1.807, 2.05) is 37.4 Å². The van der Waals surface area contributed by atoms with E-state index in [-0.39, 0.29) is 6.42 Å². The molecule has 0 spiro atoms. The number of nitrogens with two attached hydrogens (primary N) is 1. The highest BCUT2D eigenvalue weighted by molar-refractivity contribution is 7.99. The van der Waals surface area contributed by atoms with Crippen LogP contribution in [0, 0.1) is 13.8 Å². The zero-order valence-corrected chi connectivity index (χ0v) is 13.1. The predicted molar refractivity (Wildman–Crippen MR) is 81.7 cm³/mol. The zero-order valence-electron chi connectivity index (χ0n) is 12.2. The summed E-state index contributed by atoms with van der Waals surface area (Å²) in [5.41, 5.74) is 6.75. The first-order valence-electron chi connectivity index (χ1n) is 6.55. The van der Waals surface area contributed by atoms with Crippen molar-refractivity contribution in [2.45, 2.75) is 25.3 Å². The minimum Gasteiger partial charge on any atom is -0.351 e. The second kappa shape index (κ2) is 7.03. The van der Waals surface area contributed by atoms with Crippen LogP contribution in [0.1, 0.15) is 17.8 Å². The summed E-state index contributed by atoms with van der Waals surface area (Å²) in [5.74, 6) is 0.709. The molecule has 8 nitrogen and oxygen atoms in total. The van der Waals surface area contributed by atoms with Gasteiger partial charge in [-0.3, -0.25) is 10.1 Å². The van der Waals surface area contributed by atoms with Crippen molar-refractivity contribution in [3.8, 4) is 5.82 Å². The molecule has 0 radical (unpaired) electrons. The van der Waals surface area contributed by atoms with Gasteiger partial charge in [0, 0.05) is 17.9 Å². The fourth-order valence-electron chi connectivity index (χ4n) is 1.81. The molecular weight excluding hydrogens is 304 g/mol. The topological polar surface area (TPSA) is 116 Å². The van der Waals surface area contributed by atoms with Crippen molar-refractivity contribution >= 4 is 23.7 Å². The number of primary amides is 1. The number of nitrogens with zero attached hydrogens (tertiary/aromatic N) is 4. The monoisotopic (exact) mass is 320 g/mol. The molecule has 2 heterocycles. The number of hydrogen-bond acceptors (Lipinski definition) is 6. The maximum absolute atomic E-state index is 11.2. The van der Waals surface area contributed by atoms with Crippen LogP contribution >= 0.6 is 11.8 Å². The van der Waals surface area contributed by atoms with E-state index >= 15 is 0 Å². The smallest absolute Gasteiger partial charge is 0.318 e. The molecule has 0 saturated heterocycles. The quantitative estimate of drug-likeness (QED) is 0.793. The highest BCUT2D eigenvalue weighted by atomic mass is 32.2. The Morgan fingerprint density at radius 1 is 1.32 bits per heavy atom. The lowest BCUT2D eigenvalue weighted by molar-refractivity contribution is -0.119. The number of aryl methyl sites for hydroxylation is 2. The van der Waals surface area contributed by atoms with Crippen molar-refractivity contribution < 1.29 is 9.59 Å². The van der Waals surface area contributed by atoms with Crippen LogP contribution in [0.2, 0.25) is 0 Å². The van der Waals surface area contributed by atoms with Crippen molar-refractivity contribution in [3.05, 3.63) is 29.6 Å². The number of carbonyl (C=O) groups excluding carboxylic acids is 2. The van der Waals surface area contributed by atoms with E-state index in [9.17, 15) is 9.59 Å². The average Bonchev–Trinajstić information content (AvgIpc) is 2.77. The molecule has 0 fully saturated rings. The Bertz CT molecular complexity index is 682. The third-order valence-electron chi connectivity index (χ3n) is 2.69. The molecule has 2 rings (SSSR count). The van der Waals surface area contributed by atoms with E-state index in [0.717, 1.165) is 11.4 Å². The molecule has 9 heteroatoms. The molecule has 2 aromatic heterocycles. The number of nitrogens with one attached hydrogen (secondary N) is 1. The number of rotatable bonds is 5. The summed E-state index contributed by atoms with van der Waals surface area (Å²) in [7, 11) is 0. The first kappa shape index (κ1) is 16.0. The minimum absolute atomic E-state index is 0.175. The van der Waals surface area contributed by atoms with Crippen LogP contribution < -0.4 is 11.1 Å². The van der Waals surface area contributed by atoms with Crippen molar-refractivity contribution in [3.63, 3.8) is 0 Å². The third kappa shape index (κ3) is 4.29. The molecule has 0 atom stereocenters. The van der Waals surface area contributed by atoms with Gasteiger partial charge < -0.3 is 5.73 Å². The molecule has 116 valence electrons. The third-order valence-corrected chi connectivity index (χ3v) is 3.62. The number of imide groups is 1. The largest absolute Gasteiger partial charge is 0.351 e. The highest BCUT2D eigenvalue weighted by Crippen LogP contribution is 2.16. The Labute approximate surface area is 131 Å². The van der Waals surface area contributed by atoms with Crippen LogP contribution in [0.3, 0.4) is 0 Å². The molecule has 0 aliphatic heterocycles. The summed E-state index contributed by atoms with van der Waals surface area (Å²) in [6, 6.07) is 4.75. The molecule has 2 aromatic rings. The van der Waals surface area contributed by atoms with Gasteiger partial charge in [0.05, 0.1) is 5.69 Å². The van der Waals surface area contributed by atoms with E-state index in [2.05, 4.69) is 15.3 Å². The molecule has 3 N–H and O–H groups in total. The number of urea groups is 1. The Hall–Kier alpha value is -2.42. The first-order valence-corrected chi connectivity index (χ1v) is 7.53. The van der Waals surface area contributed by atoms with Crippen molar-refractivity contribution in [1.29, 1.82) is 0 Å². The van der Waals surface area contributed by atoms with Crippen molar-refractivity contribution in [2.24, 2.45) is 5.73 Å². The van der Waals surface area contributed by atoms with Crippen LogP contribution in [0.15, 0.2) is 23.2 Å². The summed E-state index contributed by atoms with van der Waals surface area (Å²) in [4.78, 5) is 21.7. The van der Waals surface area contributed by atoms with Gasteiger partial charge >= 0.3 is 6.03 Å². The summed E-state index contributed by atoms with van der Waals surface area (Å²) >= 11 is 1.37. The summed E-state index contributed by atoms with van der Waals surface area (Å²) < 4.78 is 1.72. The molecule has 0 aliphatic carbocycles. The fraction of sp³-hybridized carbons (Fsp3) is 0.308. The lowest BCUT2D eigenvalue weighted by atomic mass is 10.4. The lowest BCUT2D eigenvalue weighted by Gasteiger charge is -2.04. The molecule has 0 bridgehead atoms. The highest BCUT2D eigenvalue weighted by Gasteiger charge is 2.07. The second-order valence-corrected chi connectivity index (χ2v) is 5.69. The van der Waals surface area contributed by atoms with E-state index < -0.39 is 11.9 Å². The maximum Gasteiger partial charge on any atom is 0.318 e. The van der Waals surface area contributed by atoms with Crippen LogP contribution in [0.5, 0.6) is 0 Å². The number of hydrogen-bond donors (Lipinski definition) is 2. The number of amides is 3. The van der Waals surface area contributed by atoms with Crippen LogP contribution in [-0.4, -0.2) is 37.7 Å². The summed E-state index contributed by atoms with van der Waals surface area (Å²) in [6.07, 6.45) is 0.175. The summed E-state index contributed by atoms with van der Waals surface area (Å²) in [6.45, 7) is 3.86. The number of aromatic nitrogens is 4. The number of carbonyl (C=O) groups is 2. The van der Waals surface area contributed by atoms with Gasteiger partial charge in [-0.25, -0.2) is 9.48 Å². The van der Waals surface area contributed by atoms with Gasteiger partial charge in [-0.1, -0.05) is 0 Å². The molecule has 0 aromatic carbocycles. The Kier molecular flexibility index (Phi) is 5.10. The fourth-order valence-corrected chi connectivity index (χ4v) is 2.57. The minimum atomic E-state index is -0.843. The first-order chi connectivity index (χ1) is 10.5. The van der Waals surface area contributed by atoms with E-state index in [1.165, 1.54) is 11.8 Å². The normalized spacial score (nSPS) is 10.5. The predicted octanol–water partition coefficient (Wildman–Crippen LogP) is 0.956. The maximum atomic E-state index is 11.2. The zero-order chi connectivity index (χ0) is 16.1. The molecule has 0 unspecified atom stereocenters.